The van der Waals surface area contributed by atoms with Gasteiger partial charge in [0.05, 0.1) is 11.6 Å². The summed E-state index contributed by atoms with van der Waals surface area (Å²) in [6.45, 7) is 0. The lowest BCUT2D eigenvalue weighted by atomic mass is 10.1. The second-order valence-corrected chi connectivity index (χ2v) is 3.53. The Morgan fingerprint density at radius 2 is 1.82 bits per heavy atom. The fourth-order valence-corrected chi connectivity index (χ4v) is 1.47. The molecule has 0 atom stereocenters. The number of rotatable bonds is 2. The van der Waals surface area contributed by atoms with E-state index < -0.39 is 0 Å². The van der Waals surface area contributed by atoms with Gasteiger partial charge in [0, 0.05) is 17.7 Å². The maximum absolute atomic E-state index is 11.8. The average molecular weight is 222 g/mol. The van der Waals surface area contributed by atoms with Gasteiger partial charge >= 0.3 is 0 Å². The summed E-state index contributed by atoms with van der Waals surface area (Å²) >= 11 is 0. The molecule has 3 nitrogen and oxygen atoms in total. The van der Waals surface area contributed by atoms with Gasteiger partial charge in [-0.3, -0.25) is 0 Å². The van der Waals surface area contributed by atoms with Gasteiger partial charge in [-0.1, -0.05) is 24.3 Å². The normalized spacial score (nSPS) is 10.9. The molecule has 0 aliphatic carbocycles. The molecule has 0 aliphatic heterocycles. The Morgan fingerprint density at radius 1 is 1.06 bits per heavy atom. The van der Waals surface area contributed by atoms with Crippen LogP contribution in [0.25, 0.3) is 0 Å². The molecule has 2 aromatic rings. The number of nitrogens with zero attached hydrogens (tertiary/aromatic N) is 2. The Kier molecular flexibility index (Phi) is 3.18. The number of benzene rings is 2. The van der Waals surface area contributed by atoms with Gasteiger partial charge in [-0.25, -0.2) is 0 Å². The molecule has 2 rings (SSSR count). The highest BCUT2D eigenvalue weighted by molar-refractivity contribution is 5.77. The fourth-order valence-electron chi connectivity index (χ4n) is 1.47. The van der Waals surface area contributed by atoms with Gasteiger partial charge in [0.15, 0.2) is 6.21 Å². The van der Waals surface area contributed by atoms with E-state index in [1.54, 1.807) is 48.5 Å². The Bertz CT molecular complexity index is 583. The predicted molar refractivity (Wildman–Crippen MR) is 66.1 cm³/mol. The van der Waals surface area contributed by atoms with Gasteiger partial charge < -0.3 is 5.21 Å². The van der Waals surface area contributed by atoms with Crippen LogP contribution in [0.5, 0.6) is 0 Å². The van der Waals surface area contributed by atoms with E-state index in [0.29, 0.717) is 16.8 Å². The van der Waals surface area contributed by atoms with Crippen molar-refractivity contribution in [2.24, 2.45) is 0 Å². The Morgan fingerprint density at radius 3 is 2.53 bits per heavy atom. The zero-order valence-corrected chi connectivity index (χ0v) is 9.08. The smallest absolute Gasteiger partial charge is 0.216 e. The highest BCUT2D eigenvalue weighted by Gasteiger charge is 2.00. The first-order chi connectivity index (χ1) is 8.29. The molecule has 0 spiro atoms. The maximum atomic E-state index is 11.8. The quantitative estimate of drug-likeness (QED) is 0.339. The highest BCUT2D eigenvalue weighted by Crippen LogP contribution is 2.09. The Hall–Kier alpha value is -2.60. The summed E-state index contributed by atoms with van der Waals surface area (Å²) in [7, 11) is 0. The first-order valence-corrected chi connectivity index (χ1v) is 5.16. The summed E-state index contributed by atoms with van der Waals surface area (Å²) < 4.78 is 0.788. The molecule has 0 saturated carbocycles. The van der Waals surface area contributed by atoms with Crippen LogP contribution in [0.3, 0.4) is 0 Å². The molecule has 0 aromatic heterocycles. The number of hydrogen-bond acceptors (Lipinski definition) is 2. The minimum absolute atomic E-state index is 0.542. The molecule has 0 fully saturated rings. The van der Waals surface area contributed by atoms with Crippen molar-refractivity contribution in [2.45, 2.75) is 0 Å². The first kappa shape index (κ1) is 10.9. The molecule has 0 heterocycles. The molecule has 3 heteroatoms. The van der Waals surface area contributed by atoms with Crippen LogP contribution in [0, 0.1) is 16.5 Å². The standard InChI is InChI=1S/C14H10N2O/c15-10-12-5-4-6-13(9-12)11-16(17)14-7-2-1-3-8-14/h1-9,11H/b16-11-. The summed E-state index contributed by atoms with van der Waals surface area (Å²) in [6.07, 6.45) is 1.45. The first-order valence-electron chi connectivity index (χ1n) is 5.16. The van der Waals surface area contributed by atoms with E-state index in [1.165, 1.54) is 6.21 Å². The van der Waals surface area contributed by atoms with Crippen LogP contribution in [0.15, 0.2) is 54.6 Å². The molecule has 0 bridgehead atoms. The minimum atomic E-state index is 0.542. The van der Waals surface area contributed by atoms with Crippen molar-refractivity contribution in [1.29, 1.82) is 5.26 Å². The van der Waals surface area contributed by atoms with Gasteiger partial charge in [0.1, 0.15) is 0 Å². The summed E-state index contributed by atoms with van der Waals surface area (Å²) in [6, 6.07) is 17.9. The van der Waals surface area contributed by atoms with E-state index in [4.69, 9.17) is 5.26 Å². The second kappa shape index (κ2) is 4.95. The molecule has 0 aliphatic rings. The predicted octanol–water partition coefficient (Wildman–Crippen LogP) is 2.82. The molecular formula is C14H10N2O. The van der Waals surface area contributed by atoms with E-state index in [1.807, 2.05) is 12.1 Å². The van der Waals surface area contributed by atoms with E-state index in [9.17, 15) is 5.21 Å². The third-order valence-corrected chi connectivity index (χ3v) is 2.29. The number of hydrogen-bond donors (Lipinski definition) is 0. The molecule has 0 amide bonds. The lowest BCUT2D eigenvalue weighted by Gasteiger charge is -2.02. The van der Waals surface area contributed by atoms with Crippen LogP contribution < -0.4 is 0 Å². The maximum Gasteiger partial charge on any atom is 0.216 e. The summed E-state index contributed by atoms with van der Waals surface area (Å²) in [5.74, 6) is 0. The molecule has 0 radical (unpaired) electrons. The summed E-state index contributed by atoms with van der Waals surface area (Å²) in [5, 5.41) is 20.5. The SMILES string of the molecule is N#Cc1cccc(/C=[N+](\[O-])c2ccccc2)c1. The fraction of sp³-hybridized carbons (Fsp3) is 0. The molecule has 0 saturated heterocycles. The van der Waals surface area contributed by atoms with Gasteiger partial charge in [0.2, 0.25) is 5.69 Å². The number of nitriles is 1. The average Bonchev–Trinajstić information content (AvgIpc) is 2.40. The lowest BCUT2D eigenvalue weighted by Crippen LogP contribution is -1.98. The zero-order chi connectivity index (χ0) is 12.1. The molecule has 17 heavy (non-hydrogen) atoms. The van der Waals surface area contributed by atoms with Crippen LogP contribution in [0.2, 0.25) is 0 Å². The van der Waals surface area contributed by atoms with Crippen LogP contribution >= 0.6 is 0 Å². The van der Waals surface area contributed by atoms with Gasteiger partial charge in [-0.2, -0.15) is 10.0 Å². The largest absolute Gasteiger partial charge is 0.618 e. The van der Waals surface area contributed by atoms with Crippen molar-refractivity contribution in [3.8, 4) is 6.07 Å². The van der Waals surface area contributed by atoms with Crippen molar-refractivity contribution < 1.29 is 4.74 Å². The third kappa shape index (κ3) is 2.70. The second-order valence-electron chi connectivity index (χ2n) is 3.53. The van der Waals surface area contributed by atoms with Crippen LogP contribution in [0.1, 0.15) is 11.1 Å². The van der Waals surface area contributed by atoms with Crippen molar-refractivity contribution in [3.63, 3.8) is 0 Å². The van der Waals surface area contributed by atoms with Crippen molar-refractivity contribution in [1.82, 2.24) is 0 Å². The highest BCUT2D eigenvalue weighted by atomic mass is 16.5. The lowest BCUT2D eigenvalue weighted by molar-refractivity contribution is -0.354. The molecule has 82 valence electrons. The van der Waals surface area contributed by atoms with Gasteiger partial charge in [-0.15, -0.1) is 0 Å². The van der Waals surface area contributed by atoms with Gasteiger partial charge in [0.25, 0.3) is 0 Å². The monoisotopic (exact) mass is 222 g/mol. The zero-order valence-electron chi connectivity index (χ0n) is 9.08. The van der Waals surface area contributed by atoms with Crippen molar-refractivity contribution >= 4 is 11.9 Å². The third-order valence-electron chi connectivity index (χ3n) is 2.29. The van der Waals surface area contributed by atoms with Crippen molar-refractivity contribution in [2.75, 3.05) is 0 Å². The summed E-state index contributed by atoms with van der Waals surface area (Å²) in [4.78, 5) is 0. The minimum Gasteiger partial charge on any atom is -0.618 e. The van der Waals surface area contributed by atoms with E-state index in [-0.39, 0.29) is 0 Å². The van der Waals surface area contributed by atoms with Gasteiger partial charge in [-0.05, 0) is 18.2 Å². The van der Waals surface area contributed by atoms with Crippen molar-refractivity contribution in [3.05, 3.63) is 70.9 Å². The summed E-state index contributed by atoms with van der Waals surface area (Å²) in [5.41, 5.74) is 1.82. The van der Waals surface area contributed by atoms with Crippen LogP contribution in [-0.4, -0.2) is 11.0 Å². The Labute approximate surface area is 99.5 Å². The molecular weight excluding hydrogens is 212 g/mol. The van der Waals surface area contributed by atoms with E-state index >= 15 is 0 Å². The van der Waals surface area contributed by atoms with Crippen LogP contribution in [-0.2, 0) is 0 Å². The topological polar surface area (TPSA) is 49.9 Å². The molecule has 2 aromatic carbocycles. The molecule has 0 unspecified atom stereocenters. The van der Waals surface area contributed by atoms with E-state index in [2.05, 4.69) is 0 Å². The van der Waals surface area contributed by atoms with E-state index in [0.717, 1.165) is 4.74 Å². The number of para-hydroxylation sites is 1. The van der Waals surface area contributed by atoms with Crippen LogP contribution in [0.4, 0.5) is 5.69 Å². The molecule has 0 N–H and O–H groups in total. The Balaban J connectivity index is 2.33.